The number of hydrogen-bond acceptors (Lipinski definition) is 6. The fourth-order valence-corrected chi connectivity index (χ4v) is 4.08. The van der Waals surface area contributed by atoms with Crippen LogP contribution in [-0.2, 0) is 15.8 Å². The zero-order valence-corrected chi connectivity index (χ0v) is 19.0. The van der Waals surface area contributed by atoms with Gasteiger partial charge < -0.3 is 19.7 Å². The molecule has 4 rings (SSSR count). The molecule has 1 fully saturated rings. The first-order valence-electron chi connectivity index (χ1n) is 10.6. The Morgan fingerprint density at radius 1 is 0.944 bits per heavy atom. The van der Waals surface area contributed by atoms with Gasteiger partial charge in [-0.25, -0.2) is 0 Å². The Kier molecular flexibility index (Phi) is 6.36. The summed E-state index contributed by atoms with van der Waals surface area (Å²) >= 11 is 0. The highest BCUT2D eigenvalue weighted by Crippen LogP contribution is 2.45. The van der Waals surface area contributed by atoms with Crippen molar-refractivity contribution in [2.45, 2.75) is 12.2 Å². The first-order chi connectivity index (χ1) is 17.1. The first-order valence-corrected chi connectivity index (χ1v) is 10.6. The summed E-state index contributed by atoms with van der Waals surface area (Å²) in [6.07, 6.45) is -4.69. The predicted octanol–water partition coefficient (Wildman–Crippen LogP) is 5.05. The number of nitrogens with zero attached hydrogens (tertiary/aromatic N) is 1. The van der Waals surface area contributed by atoms with Gasteiger partial charge in [-0.2, -0.15) is 13.2 Å². The van der Waals surface area contributed by atoms with Crippen LogP contribution in [0.25, 0.3) is 5.76 Å². The standard InChI is InChI=1S/C26H20F3NO6/c1-35-18-9-10-19(20(13-18)36-2)23(32)21-22(14-5-3-8-17(31)11-14)30(25(34)24(21)33)16-7-4-6-15(12-16)26(27,28)29/h3-13,22,31-32H,1-2H3/b23-21-. The molecule has 0 saturated carbocycles. The molecule has 3 aromatic carbocycles. The first kappa shape index (κ1) is 24.6. The van der Waals surface area contributed by atoms with E-state index >= 15 is 0 Å². The summed E-state index contributed by atoms with van der Waals surface area (Å²) in [5, 5.41) is 21.3. The maximum Gasteiger partial charge on any atom is 0.416 e. The number of carbonyl (C=O) groups excluding carboxylic acids is 2. The van der Waals surface area contributed by atoms with Gasteiger partial charge in [-0.1, -0.05) is 18.2 Å². The fraction of sp³-hybridized carbons (Fsp3) is 0.154. The molecule has 1 amide bonds. The van der Waals surface area contributed by atoms with Crippen molar-refractivity contribution in [3.63, 3.8) is 0 Å². The maximum atomic E-state index is 13.4. The number of phenols is 1. The topological polar surface area (TPSA) is 96.3 Å². The minimum atomic E-state index is -4.69. The summed E-state index contributed by atoms with van der Waals surface area (Å²) < 4.78 is 50.6. The van der Waals surface area contributed by atoms with E-state index in [1.54, 1.807) is 0 Å². The number of phenolic OH excluding ortho intramolecular Hbond substituents is 1. The van der Waals surface area contributed by atoms with E-state index in [2.05, 4.69) is 0 Å². The Morgan fingerprint density at radius 2 is 1.67 bits per heavy atom. The Bertz CT molecular complexity index is 1380. The van der Waals surface area contributed by atoms with Gasteiger partial charge in [0.25, 0.3) is 11.7 Å². The fourth-order valence-electron chi connectivity index (χ4n) is 4.08. The lowest BCUT2D eigenvalue weighted by Crippen LogP contribution is -2.29. The number of carbonyl (C=O) groups is 2. The third-order valence-corrected chi connectivity index (χ3v) is 5.75. The van der Waals surface area contributed by atoms with Crippen molar-refractivity contribution in [2.75, 3.05) is 19.1 Å². The SMILES string of the molecule is COc1ccc(/C(O)=C2/C(=O)C(=O)N(c3cccc(C(F)(F)F)c3)C2c2cccc(O)c2)c(OC)c1. The molecule has 0 radical (unpaired) electrons. The Hall–Kier alpha value is -4.47. The van der Waals surface area contributed by atoms with Gasteiger partial charge in [-0.3, -0.25) is 14.5 Å². The quantitative estimate of drug-likeness (QED) is 0.290. The van der Waals surface area contributed by atoms with Crippen molar-refractivity contribution >= 4 is 23.1 Å². The number of hydrogen-bond donors (Lipinski definition) is 2. The van der Waals surface area contributed by atoms with Crippen molar-refractivity contribution in [1.29, 1.82) is 0 Å². The molecule has 0 aliphatic carbocycles. The molecule has 1 atom stereocenters. The van der Waals surface area contributed by atoms with E-state index in [0.29, 0.717) is 5.75 Å². The monoisotopic (exact) mass is 499 g/mol. The Labute approximate surface area is 203 Å². The highest BCUT2D eigenvalue weighted by atomic mass is 19.4. The molecular formula is C26H20F3NO6. The van der Waals surface area contributed by atoms with Crippen molar-refractivity contribution in [1.82, 2.24) is 0 Å². The summed E-state index contributed by atoms with van der Waals surface area (Å²) in [7, 11) is 2.76. The number of ether oxygens (including phenoxy) is 2. The van der Waals surface area contributed by atoms with Crippen molar-refractivity contribution in [2.24, 2.45) is 0 Å². The molecule has 2 N–H and O–H groups in total. The van der Waals surface area contributed by atoms with Crippen molar-refractivity contribution in [3.05, 3.63) is 89.0 Å². The zero-order valence-electron chi connectivity index (χ0n) is 19.0. The van der Waals surface area contributed by atoms with Crippen LogP contribution >= 0.6 is 0 Å². The van der Waals surface area contributed by atoms with E-state index in [9.17, 15) is 33.0 Å². The molecule has 7 nitrogen and oxygen atoms in total. The average molecular weight is 499 g/mol. The van der Waals surface area contributed by atoms with Gasteiger partial charge in [0.1, 0.15) is 23.0 Å². The van der Waals surface area contributed by atoms with E-state index in [-0.39, 0.29) is 33.9 Å². The van der Waals surface area contributed by atoms with Gasteiger partial charge in [-0.15, -0.1) is 0 Å². The molecule has 0 aromatic heterocycles. The van der Waals surface area contributed by atoms with Gasteiger partial charge in [0.2, 0.25) is 0 Å². The number of amides is 1. The van der Waals surface area contributed by atoms with Crippen LogP contribution in [0.5, 0.6) is 17.2 Å². The van der Waals surface area contributed by atoms with Crippen molar-refractivity contribution in [3.8, 4) is 17.2 Å². The molecule has 1 saturated heterocycles. The molecule has 3 aromatic rings. The smallest absolute Gasteiger partial charge is 0.416 e. The van der Waals surface area contributed by atoms with E-state index in [1.165, 1.54) is 62.8 Å². The minimum absolute atomic E-state index is 0.0606. The molecular weight excluding hydrogens is 479 g/mol. The number of rotatable bonds is 5. The lowest BCUT2D eigenvalue weighted by atomic mass is 9.94. The van der Waals surface area contributed by atoms with E-state index in [4.69, 9.17) is 9.47 Å². The van der Waals surface area contributed by atoms with Crippen LogP contribution in [0.4, 0.5) is 18.9 Å². The predicted molar refractivity (Wildman–Crippen MR) is 124 cm³/mol. The highest BCUT2D eigenvalue weighted by molar-refractivity contribution is 6.51. The average Bonchev–Trinajstić information content (AvgIpc) is 3.13. The number of aromatic hydroxyl groups is 1. The highest BCUT2D eigenvalue weighted by Gasteiger charge is 2.47. The molecule has 36 heavy (non-hydrogen) atoms. The number of halogens is 3. The summed E-state index contributed by atoms with van der Waals surface area (Å²) in [6.45, 7) is 0. The molecule has 0 bridgehead atoms. The van der Waals surface area contributed by atoms with Gasteiger partial charge in [0.15, 0.2) is 0 Å². The maximum absolute atomic E-state index is 13.4. The molecule has 1 heterocycles. The van der Waals surface area contributed by atoms with Crippen LogP contribution < -0.4 is 14.4 Å². The lowest BCUT2D eigenvalue weighted by Gasteiger charge is -2.26. The number of aliphatic hydroxyl groups excluding tert-OH is 1. The summed E-state index contributed by atoms with van der Waals surface area (Å²) in [5.74, 6) is -2.53. The number of aliphatic hydroxyl groups is 1. The van der Waals surface area contributed by atoms with Gasteiger partial charge in [0, 0.05) is 11.8 Å². The number of anilines is 1. The minimum Gasteiger partial charge on any atom is -0.508 e. The number of alkyl halides is 3. The van der Waals surface area contributed by atoms with E-state index < -0.39 is 35.2 Å². The second-order valence-corrected chi connectivity index (χ2v) is 7.88. The third kappa shape index (κ3) is 4.33. The van der Waals surface area contributed by atoms with Gasteiger partial charge in [0.05, 0.1) is 37.0 Å². The molecule has 0 spiro atoms. The molecule has 1 aliphatic heterocycles. The molecule has 10 heteroatoms. The van der Waals surface area contributed by atoms with Crippen LogP contribution in [0.3, 0.4) is 0 Å². The largest absolute Gasteiger partial charge is 0.508 e. The molecule has 186 valence electrons. The van der Waals surface area contributed by atoms with Crippen molar-refractivity contribution < 1.29 is 42.4 Å². The normalized spacial score (nSPS) is 17.4. The van der Waals surface area contributed by atoms with Gasteiger partial charge >= 0.3 is 6.18 Å². The third-order valence-electron chi connectivity index (χ3n) is 5.75. The summed E-state index contributed by atoms with van der Waals surface area (Å²) in [6, 6.07) is 12.5. The van der Waals surface area contributed by atoms with Crippen LogP contribution in [0.2, 0.25) is 0 Å². The van der Waals surface area contributed by atoms with Crippen LogP contribution in [0.1, 0.15) is 22.7 Å². The Morgan fingerprint density at radius 3 is 2.31 bits per heavy atom. The number of ketones is 1. The second kappa shape index (κ2) is 9.29. The van der Waals surface area contributed by atoms with E-state index in [1.807, 2.05) is 0 Å². The summed E-state index contributed by atoms with van der Waals surface area (Å²) in [5.41, 5.74) is -1.35. The van der Waals surface area contributed by atoms with Crippen LogP contribution in [0.15, 0.2) is 72.3 Å². The Balaban J connectivity index is 1.98. The molecule has 1 unspecified atom stereocenters. The second-order valence-electron chi connectivity index (χ2n) is 7.88. The summed E-state index contributed by atoms with van der Waals surface area (Å²) in [4.78, 5) is 27.3. The number of methoxy groups -OCH3 is 2. The lowest BCUT2D eigenvalue weighted by molar-refractivity contribution is -0.137. The zero-order chi connectivity index (χ0) is 26.2. The molecule has 1 aliphatic rings. The van der Waals surface area contributed by atoms with Crippen LogP contribution in [0, 0.1) is 0 Å². The van der Waals surface area contributed by atoms with Gasteiger partial charge in [-0.05, 0) is 48.0 Å². The van der Waals surface area contributed by atoms with Crippen LogP contribution in [-0.4, -0.2) is 36.1 Å². The number of benzene rings is 3. The van der Waals surface area contributed by atoms with E-state index in [0.717, 1.165) is 23.1 Å². The number of Topliss-reactive ketones (excluding diaryl/α,β-unsaturated/α-hetero) is 1.